The van der Waals surface area contributed by atoms with E-state index in [1.54, 1.807) is 0 Å². The maximum absolute atomic E-state index is 11.9. The van der Waals surface area contributed by atoms with Gasteiger partial charge in [0.15, 0.2) is 0 Å². The molecule has 3 rings (SSSR count). The summed E-state index contributed by atoms with van der Waals surface area (Å²) in [5.41, 5.74) is 2.09. The molecule has 101 valence electrons. The van der Waals surface area contributed by atoms with Crippen LogP contribution in [0.4, 0.5) is 0 Å². The fraction of sp³-hybridized carbons (Fsp3) is 0.235. The van der Waals surface area contributed by atoms with E-state index in [1.807, 2.05) is 47.9 Å². The molecule has 20 heavy (non-hydrogen) atoms. The van der Waals surface area contributed by atoms with Crippen LogP contribution >= 0.6 is 0 Å². The van der Waals surface area contributed by atoms with Crippen molar-refractivity contribution in [2.24, 2.45) is 0 Å². The summed E-state index contributed by atoms with van der Waals surface area (Å²) in [6, 6.07) is 17.0. The smallest absolute Gasteiger partial charge is 0.325 e. The second kappa shape index (κ2) is 5.37. The lowest BCUT2D eigenvalue weighted by Gasteiger charge is -2.07. The number of esters is 1. The number of carbonyl (C=O) groups excluding carboxylic acids is 1. The van der Waals surface area contributed by atoms with Crippen molar-refractivity contribution in [1.29, 1.82) is 0 Å². The van der Waals surface area contributed by atoms with Gasteiger partial charge in [0.1, 0.15) is 6.54 Å². The second-order valence-corrected chi connectivity index (χ2v) is 4.77. The van der Waals surface area contributed by atoms with Gasteiger partial charge < -0.3 is 9.30 Å². The molecule has 0 aliphatic rings. The first-order chi connectivity index (χ1) is 9.81. The average molecular weight is 266 g/mol. The average Bonchev–Trinajstić information content (AvgIpc) is 2.80. The molecule has 0 fully saturated rings. The quantitative estimate of drug-likeness (QED) is 0.676. The van der Waals surface area contributed by atoms with Crippen LogP contribution in [-0.4, -0.2) is 17.1 Å². The van der Waals surface area contributed by atoms with E-state index in [0.29, 0.717) is 6.61 Å². The maximum atomic E-state index is 11.9. The minimum absolute atomic E-state index is 0.192. The molecular weight excluding hydrogens is 250 g/mol. The van der Waals surface area contributed by atoms with E-state index in [9.17, 15) is 4.79 Å². The summed E-state index contributed by atoms with van der Waals surface area (Å²) in [7, 11) is 0. The Balaban J connectivity index is 2.09. The molecule has 0 bridgehead atoms. The summed E-state index contributed by atoms with van der Waals surface area (Å²) in [5, 5.41) is 2.26. The van der Waals surface area contributed by atoms with Crippen molar-refractivity contribution in [2.75, 3.05) is 6.61 Å². The van der Waals surface area contributed by atoms with Crippen molar-refractivity contribution in [1.82, 2.24) is 4.57 Å². The number of hydrogen-bond donors (Lipinski definition) is 0. The van der Waals surface area contributed by atoms with E-state index >= 15 is 0 Å². The molecule has 1 heterocycles. The predicted molar refractivity (Wildman–Crippen MR) is 79.5 cm³/mol. The van der Waals surface area contributed by atoms with Crippen LogP contribution in [0.25, 0.3) is 21.8 Å². The molecule has 3 aromatic rings. The Hall–Kier alpha value is -2.29. The summed E-state index contributed by atoms with van der Waals surface area (Å²) < 4.78 is 7.21. The van der Waals surface area contributed by atoms with Gasteiger partial charge in [0.25, 0.3) is 0 Å². The zero-order valence-electron chi connectivity index (χ0n) is 11.4. The number of rotatable bonds is 4. The molecule has 0 aliphatic heterocycles. The number of ether oxygens (including phenoxy) is 1. The molecule has 2 aromatic carbocycles. The Morgan fingerprint density at radius 1 is 1.20 bits per heavy atom. The Bertz CT molecular complexity index is 705. The molecule has 3 nitrogen and oxygen atoms in total. The van der Waals surface area contributed by atoms with Crippen LogP contribution in [0.15, 0.2) is 42.5 Å². The topological polar surface area (TPSA) is 31.2 Å². The SMILES string of the molecule is CCCOC(=O)Cn1c2cc[c]cc2c2ccccc21. The number of fused-ring (bicyclic) bond motifs is 3. The van der Waals surface area contributed by atoms with E-state index in [2.05, 4.69) is 12.1 Å². The van der Waals surface area contributed by atoms with Gasteiger partial charge in [-0.1, -0.05) is 31.2 Å². The van der Waals surface area contributed by atoms with Crippen molar-refractivity contribution in [3.05, 3.63) is 48.5 Å². The Morgan fingerprint density at radius 3 is 2.85 bits per heavy atom. The maximum Gasteiger partial charge on any atom is 0.325 e. The predicted octanol–water partition coefficient (Wildman–Crippen LogP) is 3.55. The van der Waals surface area contributed by atoms with Crippen LogP contribution in [0, 0.1) is 6.07 Å². The highest BCUT2D eigenvalue weighted by molar-refractivity contribution is 6.08. The van der Waals surface area contributed by atoms with Crippen LogP contribution in [0.5, 0.6) is 0 Å². The van der Waals surface area contributed by atoms with Crippen molar-refractivity contribution in [3.8, 4) is 0 Å². The third kappa shape index (κ3) is 2.16. The monoisotopic (exact) mass is 266 g/mol. The molecule has 0 amide bonds. The minimum Gasteiger partial charge on any atom is -0.464 e. The minimum atomic E-state index is -0.192. The van der Waals surface area contributed by atoms with Gasteiger partial charge in [0, 0.05) is 21.8 Å². The van der Waals surface area contributed by atoms with Crippen molar-refractivity contribution in [3.63, 3.8) is 0 Å². The first-order valence-corrected chi connectivity index (χ1v) is 6.84. The van der Waals surface area contributed by atoms with Crippen LogP contribution in [0.2, 0.25) is 0 Å². The molecule has 0 saturated carbocycles. The lowest BCUT2D eigenvalue weighted by atomic mass is 10.2. The highest BCUT2D eigenvalue weighted by atomic mass is 16.5. The zero-order valence-corrected chi connectivity index (χ0v) is 11.4. The van der Waals surface area contributed by atoms with Crippen LogP contribution < -0.4 is 0 Å². The van der Waals surface area contributed by atoms with E-state index in [-0.39, 0.29) is 12.5 Å². The van der Waals surface area contributed by atoms with E-state index in [1.165, 1.54) is 0 Å². The van der Waals surface area contributed by atoms with Gasteiger partial charge >= 0.3 is 5.97 Å². The largest absolute Gasteiger partial charge is 0.464 e. The van der Waals surface area contributed by atoms with Gasteiger partial charge in [-0.3, -0.25) is 4.79 Å². The molecule has 0 unspecified atom stereocenters. The summed E-state index contributed by atoms with van der Waals surface area (Å²) in [5.74, 6) is -0.192. The Morgan fingerprint density at radius 2 is 2.00 bits per heavy atom. The number of carbonyl (C=O) groups is 1. The van der Waals surface area contributed by atoms with Gasteiger partial charge in [-0.2, -0.15) is 0 Å². The third-order valence-corrected chi connectivity index (χ3v) is 3.37. The standard InChI is InChI=1S/C17H16NO2/c1-2-11-20-17(19)12-18-15-9-5-3-7-13(15)14-8-4-6-10-16(14)18/h3,5-10H,2,11-12H2,1H3. The third-order valence-electron chi connectivity index (χ3n) is 3.37. The molecule has 0 spiro atoms. The Kier molecular flexibility index (Phi) is 3.42. The van der Waals surface area contributed by atoms with Gasteiger partial charge in [0.05, 0.1) is 6.61 Å². The number of para-hydroxylation sites is 1. The summed E-state index contributed by atoms with van der Waals surface area (Å²) in [6.07, 6.45) is 0.841. The summed E-state index contributed by atoms with van der Waals surface area (Å²) >= 11 is 0. The zero-order chi connectivity index (χ0) is 13.9. The van der Waals surface area contributed by atoms with Crippen molar-refractivity contribution in [2.45, 2.75) is 19.9 Å². The lowest BCUT2D eigenvalue weighted by molar-refractivity contribution is -0.144. The fourth-order valence-corrected chi connectivity index (χ4v) is 2.50. The first kappa shape index (κ1) is 12.7. The highest BCUT2D eigenvalue weighted by Gasteiger charge is 2.12. The van der Waals surface area contributed by atoms with E-state index < -0.39 is 0 Å². The van der Waals surface area contributed by atoms with Crippen LogP contribution in [0.1, 0.15) is 13.3 Å². The van der Waals surface area contributed by atoms with Crippen LogP contribution in [0.3, 0.4) is 0 Å². The highest BCUT2D eigenvalue weighted by Crippen LogP contribution is 2.28. The van der Waals surface area contributed by atoms with Crippen molar-refractivity contribution >= 4 is 27.8 Å². The summed E-state index contributed by atoms with van der Waals surface area (Å²) in [4.78, 5) is 11.9. The first-order valence-electron chi connectivity index (χ1n) is 6.84. The van der Waals surface area contributed by atoms with Gasteiger partial charge in [-0.15, -0.1) is 0 Å². The van der Waals surface area contributed by atoms with Crippen molar-refractivity contribution < 1.29 is 9.53 Å². The van der Waals surface area contributed by atoms with E-state index in [4.69, 9.17) is 4.74 Å². The number of benzene rings is 2. The van der Waals surface area contributed by atoms with E-state index in [0.717, 1.165) is 28.2 Å². The van der Waals surface area contributed by atoms with Gasteiger partial charge in [-0.05, 0) is 30.7 Å². The number of aromatic nitrogens is 1. The molecule has 0 atom stereocenters. The lowest BCUT2D eigenvalue weighted by Crippen LogP contribution is -2.13. The molecular formula is C17H16NO2. The normalized spacial score (nSPS) is 11.1. The molecule has 0 aliphatic carbocycles. The molecule has 0 saturated heterocycles. The molecule has 3 heteroatoms. The second-order valence-electron chi connectivity index (χ2n) is 4.77. The molecule has 0 N–H and O–H groups in total. The molecule has 1 radical (unpaired) electrons. The summed E-state index contributed by atoms with van der Waals surface area (Å²) in [6.45, 7) is 2.71. The van der Waals surface area contributed by atoms with Gasteiger partial charge in [0.2, 0.25) is 0 Å². The Labute approximate surface area is 117 Å². The number of hydrogen-bond acceptors (Lipinski definition) is 2. The van der Waals surface area contributed by atoms with Crippen LogP contribution in [-0.2, 0) is 16.1 Å². The fourth-order valence-electron chi connectivity index (χ4n) is 2.50. The molecule has 1 aromatic heterocycles. The number of nitrogens with zero attached hydrogens (tertiary/aromatic N) is 1. The van der Waals surface area contributed by atoms with Gasteiger partial charge in [-0.25, -0.2) is 0 Å².